The molecule has 0 nitrogen and oxygen atoms in total. The first-order chi connectivity index (χ1) is 6.65. The maximum absolute atomic E-state index is 3.46. The van der Waals surface area contributed by atoms with Crippen LogP contribution < -0.4 is 0 Å². The summed E-state index contributed by atoms with van der Waals surface area (Å²) in [4.78, 5) is 0. The van der Waals surface area contributed by atoms with Gasteiger partial charge >= 0.3 is 0 Å². The molecule has 0 aliphatic rings. The molecule has 0 amide bonds. The number of hydrogen-bond acceptors (Lipinski definition) is 0. The minimum atomic E-state index is 0.917. The van der Waals surface area contributed by atoms with Gasteiger partial charge in [0.25, 0.3) is 0 Å². The highest BCUT2D eigenvalue weighted by molar-refractivity contribution is 5.05. The van der Waals surface area contributed by atoms with E-state index in [-0.39, 0.29) is 0 Å². The summed E-state index contributed by atoms with van der Waals surface area (Å²) in [6, 6.07) is 0. The molecule has 14 heavy (non-hydrogen) atoms. The third kappa shape index (κ3) is 348. The van der Waals surface area contributed by atoms with E-state index >= 15 is 0 Å². The van der Waals surface area contributed by atoms with Crippen LogP contribution in [-0.4, -0.2) is 0 Å². The van der Waals surface area contributed by atoms with Crippen molar-refractivity contribution in [2.45, 2.75) is 13.8 Å². The average Bonchev–Trinajstić information content (AvgIpc) is 2.20. The third-order valence-corrected chi connectivity index (χ3v) is 0.383. The molecular weight excluding hydrogens is 168 g/mol. The lowest BCUT2D eigenvalue weighted by molar-refractivity contribution is 1.58. The molecule has 0 aliphatic carbocycles. The molecule has 0 spiro atoms. The Morgan fingerprint density at radius 1 is 0.929 bits per heavy atom. The van der Waals surface area contributed by atoms with Crippen LogP contribution in [0.1, 0.15) is 13.8 Å². The van der Waals surface area contributed by atoms with Gasteiger partial charge in [0.05, 0.1) is 0 Å². The minimum Gasteiger partial charge on any atom is -0.106 e. The fourth-order valence-corrected chi connectivity index (χ4v) is 0.157. The van der Waals surface area contributed by atoms with E-state index in [0.717, 1.165) is 5.57 Å². The largest absolute Gasteiger partial charge is 0.106 e. The smallest absolute Gasteiger partial charge is 0.0289 e. The van der Waals surface area contributed by atoms with E-state index in [1.54, 1.807) is 19.1 Å². The normalized spacial score (nSPS) is 6.29. The molecule has 0 heterocycles. The van der Waals surface area contributed by atoms with Crippen LogP contribution in [0, 0.1) is 13.8 Å². The van der Waals surface area contributed by atoms with Gasteiger partial charge in [-0.2, -0.15) is 0 Å². The maximum atomic E-state index is 3.46. The predicted molar refractivity (Wildman–Crippen MR) is 72.0 cm³/mol. The van der Waals surface area contributed by atoms with Gasteiger partial charge in [0, 0.05) is 0 Å². The second-order valence-corrected chi connectivity index (χ2v) is 1.81. The Labute approximate surface area is 91.1 Å². The van der Waals surface area contributed by atoms with E-state index in [1.807, 2.05) is 19.1 Å². The molecule has 2 radical (unpaired) electrons. The van der Waals surface area contributed by atoms with Gasteiger partial charge in [0.2, 0.25) is 0 Å². The first kappa shape index (κ1) is 23.0. The van der Waals surface area contributed by atoms with Crippen LogP contribution in [0.2, 0.25) is 0 Å². The molecule has 0 fully saturated rings. The van der Waals surface area contributed by atoms with E-state index in [9.17, 15) is 0 Å². The van der Waals surface area contributed by atoms with Crippen LogP contribution in [0.25, 0.3) is 0 Å². The van der Waals surface area contributed by atoms with Crippen LogP contribution in [0.4, 0.5) is 0 Å². The zero-order chi connectivity index (χ0) is 12.4. The van der Waals surface area contributed by atoms with Crippen molar-refractivity contribution in [1.82, 2.24) is 0 Å². The van der Waals surface area contributed by atoms with Gasteiger partial charge in [-0.25, -0.2) is 0 Å². The van der Waals surface area contributed by atoms with Gasteiger partial charge < -0.3 is 0 Å². The third-order valence-electron chi connectivity index (χ3n) is 0.383. The van der Waals surface area contributed by atoms with Crippen molar-refractivity contribution in [2.75, 3.05) is 0 Å². The molecule has 0 bridgehead atoms. The molecule has 80 valence electrons. The van der Waals surface area contributed by atoms with Crippen molar-refractivity contribution in [3.05, 3.63) is 76.6 Å². The topological polar surface area (TPSA) is 0 Å². The second kappa shape index (κ2) is 41.2. The van der Waals surface area contributed by atoms with Gasteiger partial charge in [0.15, 0.2) is 0 Å². The van der Waals surface area contributed by atoms with Crippen molar-refractivity contribution in [2.24, 2.45) is 0 Å². The van der Waals surface area contributed by atoms with Crippen LogP contribution in [0.3, 0.4) is 0 Å². The Morgan fingerprint density at radius 3 is 1.14 bits per heavy atom. The first-order valence-electron chi connectivity index (χ1n) is 4.23. The summed E-state index contributed by atoms with van der Waals surface area (Å²) in [6.07, 6.45) is 7.07. The van der Waals surface area contributed by atoms with E-state index < -0.39 is 0 Å². The molecule has 0 saturated carbocycles. The van der Waals surface area contributed by atoms with Gasteiger partial charge in [-0.15, -0.1) is 19.7 Å². The summed E-state index contributed by atoms with van der Waals surface area (Å²) in [7, 11) is 0. The van der Waals surface area contributed by atoms with Crippen LogP contribution >= 0.6 is 0 Å². The molecular formula is C14H24. The summed E-state index contributed by atoms with van der Waals surface area (Å²) in [5.74, 6) is 0. The average molecular weight is 192 g/mol. The van der Waals surface area contributed by atoms with Gasteiger partial charge in [-0.3, -0.25) is 0 Å². The molecule has 0 saturated heterocycles. The summed E-state index contributed by atoms with van der Waals surface area (Å²) in [6.45, 7) is 26.7. The predicted octanol–water partition coefficient (Wildman–Crippen LogP) is 4.95. The number of rotatable bonds is 2. The standard InChI is InChI=1S/C6H8.C4H7.C2H5.C2H4/c1-3-5-6-4-2;1-4(2)3;2*1-2/h3-6H,1-2H2;1-2H2,3H3;1H2,2H3;1-2H2/b6-5-;;;. The molecule has 0 heteroatoms. The Bertz CT molecular complexity index is 124. The summed E-state index contributed by atoms with van der Waals surface area (Å²) in [5.41, 5.74) is 0.917. The second-order valence-electron chi connectivity index (χ2n) is 1.81. The minimum absolute atomic E-state index is 0.917. The summed E-state index contributed by atoms with van der Waals surface area (Å²) in [5, 5.41) is 0. The maximum Gasteiger partial charge on any atom is -0.0289 e. The molecule has 0 rings (SSSR count). The van der Waals surface area contributed by atoms with E-state index in [2.05, 4.69) is 46.7 Å². The monoisotopic (exact) mass is 192 g/mol. The lowest BCUT2D eigenvalue weighted by atomic mass is 10.4. The zero-order valence-electron chi connectivity index (χ0n) is 9.76. The van der Waals surface area contributed by atoms with Crippen molar-refractivity contribution in [3.63, 3.8) is 0 Å². The number of hydrogen-bond donors (Lipinski definition) is 0. The molecule has 0 aliphatic heterocycles. The van der Waals surface area contributed by atoms with E-state index in [1.165, 1.54) is 0 Å². The Hall–Kier alpha value is -1.30. The number of allylic oxidation sites excluding steroid dienone is 5. The summed E-state index contributed by atoms with van der Waals surface area (Å²) < 4.78 is 0. The Balaban J connectivity index is -0.0000000546. The zero-order valence-corrected chi connectivity index (χ0v) is 9.76. The van der Waals surface area contributed by atoms with Crippen LogP contribution in [0.5, 0.6) is 0 Å². The van der Waals surface area contributed by atoms with Gasteiger partial charge in [-0.1, -0.05) is 56.9 Å². The molecule has 0 N–H and O–H groups in total. The lowest BCUT2D eigenvalue weighted by Gasteiger charge is -1.65. The molecule has 0 aromatic heterocycles. The molecule has 0 aromatic rings. The molecule has 0 unspecified atom stereocenters. The first-order valence-corrected chi connectivity index (χ1v) is 4.23. The highest BCUT2D eigenvalue weighted by Gasteiger charge is 1.52. The van der Waals surface area contributed by atoms with Crippen molar-refractivity contribution in [3.8, 4) is 0 Å². The highest BCUT2D eigenvalue weighted by Crippen LogP contribution is 1.72. The van der Waals surface area contributed by atoms with Gasteiger partial charge in [0.1, 0.15) is 0 Å². The van der Waals surface area contributed by atoms with Crippen LogP contribution in [-0.2, 0) is 0 Å². The Kier molecular flexibility index (Phi) is 67.6. The SMILES string of the molecule is C=C.C=C/C=C\C=C.[CH2]C.[CH2]C(=C)C. The molecule has 0 aromatic carbocycles. The van der Waals surface area contributed by atoms with E-state index in [0.29, 0.717) is 0 Å². The van der Waals surface area contributed by atoms with Crippen molar-refractivity contribution < 1.29 is 0 Å². The van der Waals surface area contributed by atoms with Crippen LogP contribution in [0.15, 0.2) is 62.8 Å². The quantitative estimate of drug-likeness (QED) is 0.429. The lowest BCUT2D eigenvalue weighted by Crippen LogP contribution is -1.44. The molecule has 0 atom stereocenters. The fraction of sp³-hybridized carbons (Fsp3) is 0.143. The van der Waals surface area contributed by atoms with Crippen molar-refractivity contribution >= 4 is 0 Å². The van der Waals surface area contributed by atoms with Gasteiger partial charge in [-0.05, 0) is 13.8 Å². The fourth-order valence-electron chi connectivity index (χ4n) is 0.157. The van der Waals surface area contributed by atoms with Crippen molar-refractivity contribution in [1.29, 1.82) is 0 Å². The Morgan fingerprint density at radius 2 is 1.07 bits per heavy atom. The highest BCUT2D eigenvalue weighted by atomic mass is 13.6. The summed E-state index contributed by atoms with van der Waals surface area (Å²) >= 11 is 0. The van der Waals surface area contributed by atoms with E-state index in [4.69, 9.17) is 0 Å².